The van der Waals surface area contributed by atoms with Gasteiger partial charge in [-0.15, -0.1) is 0 Å². The third-order valence-electron chi connectivity index (χ3n) is 2.53. The number of hydrogen-bond donors (Lipinski definition) is 1. The molecule has 0 aliphatic carbocycles. The van der Waals surface area contributed by atoms with Gasteiger partial charge in [0.15, 0.2) is 0 Å². The Morgan fingerprint density at radius 2 is 2.15 bits per heavy atom. The molecule has 0 amide bonds. The predicted octanol–water partition coefficient (Wildman–Crippen LogP) is 2.05. The van der Waals surface area contributed by atoms with Crippen molar-refractivity contribution in [1.29, 1.82) is 0 Å². The van der Waals surface area contributed by atoms with Crippen LogP contribution < -0.4 is 5.32 Å². The molecular formula is C11H16ClN7S. The molecule has 0 spiro atoms. The molecule has 0 bridgehead atoms. The molecule has 0 atom stereocenters. The number of rotatable bonds is 8. The Hall–Kier alpha value is -1.41. The van der Waals surface area contributed by atoms with Crippen molar-refractivity contribution in [3.8, 4) is 5.95 Å². The van der Waals surface area contributed by atoms with E-state index in [4.69, 9.17) is 11.6 Å². The summed E-state index contributed by atoms with van der Waals surface area (Å²) in [6.45, 7) is 0.811. The highest BCUT2D eigenvalue weighted by Crippen LogP contribution is 2.09. The van der Waals surface area contributed by atoms with Crippen LogP contribution in [-0.4, -0.2) is 48.3 Å². The van der Waals surface area contributed by atoms with Gasteiger partial charge in [0.1, 0.15) is 12.7 Å². The second kappa shape index (κ2) is 8.01. The molecule has 7 nitrogen and oxygen atoms in total. The molecular weight excluding hydrogens is 298 g/mol. The minimum absolute atomic E-state index is 0.135. The molecule has 0 unspecified atom stereocenters. The fourth-order valence-corrected chi connectivity index (χ4v) is 2.23. The molecule has 0 aliphatic heterocycles. The smallest absolute Gasteiger partial charge is 0.258 e. The molecule has 0 radical (unpaired) electrons. The lowest BCUT2D eigenvalue weighted by atomic mass is 10.2. The normalized spacial score (nSPS) is 10.7. The summed E-state index contributed by atoms with van der Waals surface area (Å²) in [6.07, 6.45) is 8.53. The van der Waals surface area contributed by atoms with Gasteiger partial charge in [0.2, 0.25) is 11.2 Å². The van der Waals surface area contributed by atoms with Crippen molar-refractivity contribution in [3.63, 3.8) is 0 Å². The zero-order valence-corrected chi connectivity index (χ0v) is 12.7. The van der Waals surface area contributed by atoms with Gasteiger partial charge < -0.3 is 5.32 Å². The topological polar surface area (TPSA) is 81.4 Å². The van der Waals surface area contributed by atoms with Crippen LogP contribution in [-0.2, 0) is 0 Å². The first kappa shape index (κ1) is 15.0. The minimum Gasteiger partial charge on any atom is -0.354 e. The standard InChI is InChI=1S/C11H16ClN7S/c1-20-6-4-2-3-5-14-10-16-9(12)17-11(18-10)19-8-13-7-15-19/h7-8H,2-6H2,1H3,(H,14,16,17,18). The van der Waals surface area contributed by atoms with Crippen molar-refractivity contribution in [2.24, 2.45) is 0 Å². The second-order valence-electron chi connectivity index (χ2n) is 4.05. The number of nitrogens with one attached hydrogen (secondary N) is 1. The largest absolute Gasteiger partial charge is 0.354 e. The molecule has 2 aromatic heterocycles. The quantitative estimate of drug-likeness (QED) is 0.747. The molecule has 9 heteroatoms. The summed E-state index contributed by atoms with van der Waals surface area (Å²) in [4.78, 5) is 16.1. The monoisotopic (exact) mass is 313 g/mol. The lowest BCUT2D eigenvalue weighted by Crippen LogP contribution is -2.10. The van der Waals surface area contributed by atoms with Crippen LogP contribution in [0.5, 0.6) is 0 Å². The van der Waals surface area contributed by atoms with Gasteiger partial charge in [0.25, 0.3) is 5.95 Å². The first-order chi connectivity index (χ1) is 9.79. The van der Waals surface area contributed by atoms with Gasteiger partial charge in [-0.25, -0.2) is 4.98 Å². The second-order valence-corrected chi connectivity index (χ2v) is 5.37. The highest BCUT2D eigenvalue weighted by molar-refractivity contribution is 7.98. The van der Waals surface area contributed by atoms with Crippen molar-refractivity contribution in [1.82, 2.24) is 29.7 Å². The summed E-state index contributed by atoms with van der Waals surface area (Å²) in [5.74, 6) is 2.02. The van der Waals surface area contributed by atoms with E-state index in [0.717, 1.165) is 13.0 Å². The van der Waals surface area contributed by atoms with Crippen LogP contribution in [0.15, 0.2) is 12.7 Å². The average Bonchev–Trinajstić information content (AvgIpc) is 2.96. The van der Waals surface area contributed by atoms with E-state index >= 15 is 0 Å². The van der Waals surface area contributed by atoms with Gasteiger partial charge in [0.05, 0.1) is 0 Å². The van der Waals surface area contributed by atoms with Crippen molar-refractivity contribution < 1.29 is 0 Å². The Bertz CT molecular complexity index is 519. The van der Waals surface area contributed by atoms with Gasteiger partial charge >= 0.3 is 0 Å². The zero-order chi connectivity index (χ0) is 14.2. The van der Waals surface area contributed by atoms with Gasteiger partial charge in [-0.1, -0.05) is 6.42 Å². The molecule has 20 heavy (non-hydrogen) atoms. The van der Waals surface area contributed by atoms with Gasteiger partial charge in [0, 0.05) is 6.54 Å². The molecule has 1 N–H and O–H groups in total. The van der Waals surface area contributed by atoms with E-state index in [2.05, 4.69) is 36.6 Å². The Morgan fingerprint density at radius 1 is 1.25 bits per heavy atom. The number of aromatic nitrogens is 6. The Morgan fingerprint density at radius 3 is 2.90 bits per heavy atom. The molecule has 2 rings (SSSR count). The number of anilines is 1. The lowest BCUT2D eigenvalue weighted by molar-refractivity contribution is 0.741. The van der Waals surface area contributed by atoms with Gasteiger partial charge in [-0.05, 0) is 36.5 Å². The van der Waals surface area contributed by atoms with Crippen molar-refractivity contribution in [2.75, 3.05) is 23.9 Å². The summed E-state index contributed by atoms with van der Waals surface area (Å²) in [5.41, 5.74) is 0. The van der Waals surface area contributed by atoms with Crippen LogP contribution in [0.2, 0.25) is 5.28 Å². The molecule has 108 valence electrons. The number of hydrogen-bond acceptors (Lipinski definition) is 7. The Balaban J connectivity index is 1.88. The van der Waals surface area contributed by atoms with Crippen molar-refractivity contribution in [2.45, 2.75) is 19.3 Å². The highest BCUT2D eigenvalue weighted by atomic mass is 35.5. The van der Waals surface area contributed by atoms with Crippen LogP contribution in [0.3, 0.4) is 0 Å². The molecule has 2 aromatic rings. The summed E-state index contributed by atoms with van der Waals surface area (Å²) in [7, 11) is 0. The van der Waals surface area contributed by atoms with E-state index in [1.54, 1.807) is 0 Å². The number of nitrogens with zero attached hydrogens (tertiary/aromatic N) is 6. The van der Waals surface area contributed by atoms with Crippen LogP contribution >= 0.6 is 23.4 Å². The fourth-order valence-electron chi connectivity index (χ4n) is 1.58. The zero-order valence-electron chi connectivity index (χ0n) is 11.2. The Kier molecular flexibility index (Phi) is 6.00. The van der Waals surface area contributed by atoms with E-state index in [1.165, 1.54) is 35.9 Å². The first-order valence-corrected chi connectivity index (χ1v) is 8.06. The fraction of sp³-hybridized carbons (Fsp3) is 0.545. The highest BCUT2D eigenvalue weighted by Gasteiger charge is 2.06. The third-order valence-corrected chi connectivity index (χ3v) is 3.39. The first-order valence-electron chi connectivity index (χ1n) is 6.29. The van der Waals surface area contributed by atoms with E-state index < -0.39 is 0 Å². The van der Waals surface area contributed by atoms with Crippen molar-refractivity contribution in [3.05, 3.63) is 17.9 Å². The maximum Gasteiger partial charge on any atom is 0.258 e. The summed E-state index contributed by atoms with van der Waals surface area (Å²) in [6, 6.07) is 0. The Labute approximate surface area is 126 Å². The summed E-state index contributed by atoms with van der Waals surface area (Å²) < 4.78 is 1.44. The SMILES string of the molecule is CSCCCCCNc1nc(Cl)nc(-n2cncn2)n1. The van der Waals surface area contributed by atoms with Gasteiger partial charge in [-0.2, -0.15) is 36.5 Å². The summed E-state index contributed by atoms with van der Waals surface area (Å²) in [5, 5.41) is 7.25. The van der Waals surface area contributed by atoms with Crippen LogP contribution in [0.25, 0.3) is 5.95 Å². The van der Waals surface area contributed by atoms with Crippen LogP contribution in [0, 0.1) is 0 Å². The number of thioether (sulfide) groups is 1. The van der Waals surface area contributed by atoms with Crippen molar-refractivity contribution >= 4 is 29.3 Å². The van der Waals surface area contributed by atoms with Gasteiger partial charge in [-0.3, -0.25) is 0 Å². The van der Waals surface area contributed by atoms with E-state index in [-0.39, 0.29) is 5.28 Å². The van der Waals surface area contributed by atoms with Crippen LogP contribution in [0.4, 0.5) is 5.95 Å². The van der Waals surface area contributed by atoms with E-state index in [0.29, 0.717) is 11.9 Å². The lowest BCUT2D eigenvalue weighted by Gasteiger charge is -2.06. The molecule has 0 saturated heterocycles. The number of halogens is 1. The molecule has 0 aliphatic rings. The average molecular weight is 314 g/mol. The third kappa shape index (κ3) is 4.61. The van der Waals surface area contributed by atoms with E-state index in [9.17, 15) is 0 Å². The number of unbranched alkanes of at least 4 members (excludes halogenated alkanes) is 2. The summed E-state index contributed by atoms with van der Waals surface area (Å²) >= 11 is 7.75. The molecule has 0 saturated carbocycles. The molecule has 0 aromatic carbocycles. The molecule has 2 heterocycles. The predicted molar refractivity (Wildman–Crippen MR) is 80.5 cm³/mol. The maximum absolute atomic E-state index is 5.88. The maximum atomic E-state index is 5.88. The molecule has 0 fully saturated rings. The van der Waals surface area contributed by atoms with E-state index in [1.807, 2.05) is 11.8 Å². The van der Waals surface area contributed by atoms with Crippen LogP contribution in [0.1, 0.15) is 19.3 Å². The minimum atomic E-state index is 0.135.